The minimum atomic E-state index is -3.91. The average molecular weight is 519 g/mol. The minimum Gasteiger partial charge on any atom is -0.481 e. The van der Waals surface area contributed by atoms with Crippen LogP contribution in [0.5, 0.6) is 11.9 Å². The lowest BCUT2D eigenvalue weighted by atomic mass is 10.1. The molecule has 11 heteroatoms. The highest BCUT2D eigenvalue weighted by molar-refractivity contribution is 9.10. The summed E-state index contributed by atoms with van der Waals surface area (Å²) < 4.78 is 38.5. The second kappa shape index (κ2) is 10.2. The van der Waals surface area contributed by atoms with Crippen molar-refractivity contribution in [3.05, 3.63) is 76.9 Å². The molecule has 0 saturated carbocycles. The summed E-state index contributed by atoms with van der Waals surface area (Å²) in [5, 5.41) is 2.94. The smallest absolute Gasteiger partial charge is 0.321 e. The maximum absolute atomic E-state index is 12.7. The number of carbonyl (C=O) groups is 1. The largest absolute Gasteiger partial charge is 0.481 e. The van der Waals surface area contributed by atoms with Crippen molar-refractivity contribution in [2.45, 2.75) is 4.90 Å². The van der Waals surface area contributed by atoms with Crippen LogP contribution in [0.3, 0.4) is 0 Å². The minimum absolute atomic E-state index is 0.00490. The van der Waals surface area contributed by atoms with Crippen molar-refractivity contribution in [3.63, 3.8) is 0 Å². The first-order chi connectivity index (χ1) is 15.3. The molecule has 1 heterocycles. The van der Waals surface area contributed by atoms with E-state index in [9.17, 15) is 13.2 Å². The van der Waals surface area contributed by atoms with E-state index in [1.807, 2.05) is 0 Å². The van der Waals surface area contributed by atoms with Crippen molar-refractivity contribution in [1.29, 1.82) is 0 Å². The van der Waals surface area contributed by atoms with Crippen LogP contribution >= 0.6 is 15.9 Å². The number of allylic oxidation sites excluding steroid dienone is 1. The van der Waals surface area contributed by atoms with Crippen molar-refractivity contribution < 1.29 is 22.7 Å². The molecular formula is C21H19BrN4O5S. The molecule has 0 radical (unpaired) electrons. The highest BCUT2D eigenvalue weighted by atomic mass is 79.9. The Kier molecular flexibility index (Phi) is 7.44. The number of aromatic nitrogens is 2. The highest BCUT2D eigenvalue weighted by Gasteiger charge is 2.16. The van der Waals surface area contributed by atoms with Crippen LogP contribution in [-0.2, 0) is 10.0 Å². The number of ether oxygens (including phenoxy) is 2. The summed E-state index contributed by atoms with van der Waals surface area (Å²) >= 11 is 3.32. The fourth-order valence-corrected chi connectivity index (χ4v) is 3.76. The Morgan fingerprint density at radius 1 is 1.00 bits per heavy atom. The van der Waals surface area contributed by atoms with Gasteiger partial charge in [-0.25, -0.2) is 8.42 Å². The number of nitrogens with zero attached hydrogens (tertiary/aromatic N) is 2. The number of ketones is 1. The number of rotatable bonds is 9. The van der Waals surface area contributed by atoms with Crippen molar-refractivity contribution >= 4 is 43.2 Å². The van der Waals surface area contributed by atoms with E-state index >= 15 is 0 Å². The van der Waals surface area contributed by atoms with Crippen molar-refractivity contribution in [3.8, 4) is 11.9 Å². The molecule has 1 aromatic heterocycles. The highest BCUT2D eigenvalue weighted by Crippen LogP contribution is 2.21. The number of nitrogens with one attached hydrogen (secondary N) is 2. The van der Waals surface area contributed by atoms with Gasteiger partial charge in [0, 0.05) is 34.1 Å². The molecule has 0 unspecified atom stereocenters. The van der Waals surface area contributed by atoms with Gasteiger partial charge in [-0.1, -0.05) is 15.9 Å². The van der Waals surface area contributed by atoms with E-state index < -0.39 is 10.0 Å². The van der Waals surface area contributed by atoms with E-state index in [4.69, 9.17) is 9.47 Å². The number of sulfonamides is 1. The molecule has 0 aliphatic rings. The molecule has 2 aromatic carbocycles. The molecule has 0 bridgehead atoms. The van der Waals surface area contributed by atoms with Crippen LogP contribution in [0.2, 0.25) is 0 Å². The van der Waals surface area contributed by atoms with Crippen LogP contribution in [0.4, 0.5) is 11.5 Å². The summed E-state index contributed by atoms with van der Waals surface area (Å²) in [7, 11) is -1.15. The van der Waals surface area contributed by atoms with E-state index in [0.29, 0.717) is 11.3 Å². The molecule has 0 amide bonds. The molecular weight excluding hydrogens is 500 g/mol. The second-order valence-electron chi connectivity index (χ2n) is 6.26. The monoisotopic (exact) mass is 518 g/mol. The van der Waals surface area contributed by atoms with E-state index in [0.717, 1.165) is 4.47 Å². The first-order valence-corrected chi connectivity index (χ1v) is 11.4. The van der Waals surface area contributed by atoms with Crippen molar-refractivity contribution in [2.24, 2.45) is 0 Å². The van der Waals surface area contributed by atoms with Gasteiger partial charge in [0.05, 0.1) is 19.1 Å². The zero-order chi connectivity index (χ0) is 23.1. The molecule has 3 aromatic rings. The van der Waals surface area contributed by atoms with Gasteiger partial charge < -0.3 is 14.8 Å². The maximum Gasteiger partial charge on any atom is 0.321 e. The summed E-state index contributed by atoms with van der Waals surface area (Å²) in [6.45, 7) is 0. The molecule has 0 aliphatic carbocycles. The molecule has 2 N–H and O–H groups in total. The van der Waals surface area contributed by atoms with Gasteiger partial charge in [0.25, 0.3) is 10.0 Å². The third kappa shape index (κ3) is 6.05. The molecule has 0 fully saturated rings. The molecule has 32 heavy (non-hydrogen) atoms. The van der Waals surface area contributed by atoms with Gasteiger partial charge in [-0.15, -0.1) is 0 Å². The maximum atomic E-state index is 12.7. The lowest BCUT2D eigenvalue weighted by molar-refractivity contribution is 0.104. The van der Waals surface area contributed by atoms with Gasteiger partial charge in [0.2, 0.25) is 5.88 Å². The van der Waals surface area contributed by atoms with Crippen LogP contribution in [0.15, 0.2) is 76.2 Å². The van der Waals surface area contributed by atoms with E-state index in [-0.39, 0.29) is 28.4 Å². The Labute approximate surface area is 193 Å². The molecule has 166 valence electrons. The van der Waals surface area contributed by atoms with E-state index in [1.165, 1.54) is 44.7 Å². The van der Waals surface area contributed by atoms with E-state index in [2.05, 4.69) is 35.9 Å². The van der Waals surface area contributed by atoms with Crippen LogP contribution in [-0.4, -0.2) is 38.4 Å². The number of hydrogen-bond donors (Lipinski definition) is 2. The molecule has 0 spiro atoms. The van der Waals surface area contributed by atoms with Crippen LogP contribution in [0.1, 0.15) is 10.4 Å². The van der Waals surface area contributed by atoms with Gasteiger partial charge in [-0.05, 0) is 48.5 Å². The number of hydrogen-bond acceptors (Lipinski definition) is 8. The van der Waals surface area contributed by atoms with Crippen LogP contribution in [0, 0.1) is 0 Å². The van der Waals surface area contributed by atoms with Gasteiger partial charge in [-0.2, -0.15) is 9.97 Å². The lowest BCUT2D eigenvalue weighted by Crippen LogP contribution is -2.14. The Bertz CT molecular complexity index is 1210. The summed E-state index contributed by atoms with van der Waals surface area (Å²) in [4.78, 5) is 20.0. The quantitative estimate of drug-likeness (QED) is 0.323. The predicted octanol–water partition coefficient (Wildman–Crippen LogP) is 3.87. The van der Waals surface area contributed by atoms with Crippen molar-refractivity contribution in [2.75, 3.05) is 24.3 Å². The standard InChI is InChI=1S/C21H19BrN4O5S/c1-30-20-13-19(24-21(25-20)31-2)26-32(28,29)17-9-7-16(8-10-17)23-12-11-18(27)14-3-5-15(22)6-4-14/h3-13,23H,1-2H3,(H,24,25,26)/b12-11-. The molecule has 3 rings (SSSR count). The zero-order valence-corrected chi connectivity index (χ0v) is 19.5. The fraction of sp³-hybridized carbons (Fsp3) is 0.0952. The normalized spacial score (nSPS) is 11.2. The Balaban J connectivity index is 1.66. The molecule has 0 aliphatic heterocycles. The Morgan fingerprint density at radius 3 is 2.31 bits per heavy atom. The van der Waals surface area contributed by atoms with Crippen LogP contribution in [0.25, 0.3) is 0 Å². The third-order valence-corrected chi connectivity index (χ3v) is 5.99. The first-order valence-electron chi connectivity index (χ1n) is 9.13. The average Bonchev–Trinajstić information content (AvgIpc) is 2.79. The van der Waals surface area contributed by atoms with Crippen LogP contribution < -0.4 is 19.5 Å². The van der Waals surface area contributed by atoms with Gasteiger partial charge >= 0.3 is 6.01 Å². The zero-order valence-electron chi connectivity index (χ0n) is 17.1. The molecule has 9 nitrogen and oxygen atoms in total. The van der Waals surface area contributed by atoms with Gasteiger partial charge in [0.15, 0.2) is 11.6 Å². The van der Waals surface area contributed by atoms with E-state index in [1.54, 1.807) is 36.4 Å². The Morgan fingerprint density at radius 2 is 1.69 bits per heavy atom. The first kappa shape index (κ1) is 23.2. The summed E-state index contributed by atoms with van der Waals surface area (Å²) in [5.41, 5.74) is 1.16. The number of carbonyl (C=O) groups excluding carboxylic acids is 1. The molecule has 0 saturated heterocycles. The topological polar surface area (TPSA) is 120 Å². The summed E-state index contributed by atoms with van der Waals surface area (Å²) in [6.07, 6.45) is 2.89. The number of anilines is 2. The third-order valence-electron chi connectivity index (χ3n) is 4.09. The number of methoxy groups -OCH3 is 2. The summed E-state index contributed by atoms with van der Waals surface area (Å²) in [6, 6.07) is 14.3. The lowest BCUT2D eigenvalue weighted by Gasteiger charge is -2.10. The Hall–Kier alpha value is -3.44. The second-order valence-corrected chi connectivity index (χ2v) is 8.86. The van der Waals surface area contributed by atoms with Gasteiger partial charge in [0.1, 0.15) is 0 Å². The van der Waals surface area contributed by atoms with Crippen molar-refractivity contribution in [1.82, 2.24) is 9.97 Å². The number of benzene rings is 2. The molecule has 0 atom stereocenters. The number of halogens is 1. The SMILES string of the molecule is COc1cc(NS(=O)(=O)c2ccc(N/C=C\C(=O)c3ccc(Br)cc3)cc2)nc(OC)n1. The fourth-order valence-electron chi connectivity index (χ4n) is 2.50. The van der Waals surface area contributed by atoms with Gasteiger partial charge in [-0.3, -0.25) is 9.52 Å². The predicted molar refractivity (Wildman–Crippen MR) is 124 cm³/mol. The summed E-state index contributed by atoms with van der Waals surface area (Å²) in [5.74, 6) is -0.00652.